The number of likely N-dealkylation sites (N-methyl/N-ethyl adjacent to an activating group) is 1. The van der Waals surface area contributed by atoms with E-state index in [-0.39, 0.29) is 19.1 Å². The van der Waals surface area contributed by atoms with E-state index < -0.39 is 41.4 Å². The summed E-state index contributed by atoms with van der Waals surface area (Å²) in [7, 11) is 3.84. The Bertz CT molecular complexity index is 919. The van der Waals surface area contributed by atoms with Gasteiger partial charge in [-0.1, -0.05) is 6.08 Å². The maximum Gasteiger partial charge on any atom is 0.328 e. The highest BCUT2D eigenvalue weighted by molar-refractivity contribution is 5.87. The molecule has 2 saturated heterocycles. The molecule has 1 aromatic rings. The topological polar surface area (TPSA) is 115 Å². The molecule has 2 fully saturated rings. The maximum absolute atomic E-state index is 12.4. The van der Waals surface area contributed by atoms with Crippen LogP contribution < -0.4 is 16.6 Å². The Morgan fingerprint density at radius 1 is 1.33 bits per heavy atom. The lowest BCUT2D eigenvalue weighted by Gasteiger charge is -2.37. The molecule has 0 unspecified atom stereocenters. The number of carbonyl (C=O) groups is 1. The van der Waals surface area contributed by atoms with Crippen LogP contribution in [-0.2, 0) is 19.0 Å². The Morgan fingerprint density at radius 2 is 2.03 bits per heavy atom. The fourth-order valence-electron chi connectivity index (χ4n) is 3.69. The molecule has 4 atom stereocenters. The Hall–Kier alpha value is -2.27. The van der Waals surface area contributed by atoms with Crippen LogP contribution in [0.25, 0.3) is 0 Å². The molecule has 166 valence electrons. The number of nitrogens with zero attached hydrogens (tertiary/aromatic N) is 2. The van der Waals surface area contributed by atoms with Crippen LogP contribution in [0.15, 0.2) is 27.9 Å². The molecule has 0 radical (unpaired) electrons. The summed E-state index contributed by atoms with van der Waals surface area (Å²) in [5.74, 6) is -1.08. The zero-order valence-electron chi connectivity index (χ0n) is 18.0. The number of fused-ring (bicyclic) bond motifs is 1. The summed E-state index contributed by atoms with van der Waals surface area (Å²) in [6.45, 7) is 6.32. The lowest BCUT2D eigenvalue weighted by Crippen LogP contribution is -2.54. The van der Waals surface area contributed by atoms with Crippen molar-refractivity contribution < 1.29 is 19.0 Å². The first-order chi connectivity index (χ1) is 14.1. The minimum Gasteiger partial charge on any atom is -0.371 e. The number of aryl methyl sites for hydroxylation is 1. The minimum absolute atomic E-state index is 0.184. The van der Waals surface area contributed by atoms with E-state index in [0.717, 1.165) is 0 Å². The molecule has 3 heterocycles. The van der Waals surface area contributed by atoms with Gasteiger partial charge in [-0.3, -0.25) is 19.1 Å². The highest BCUT2D eigenvalue weighted by Crippen LogP contribution is 2.39. The highest BCUT2D eigenvalue weighted by atomic mass is 16.8. The number of hydrogen-bond acceptors (Lipinski definition) is 7. The van der Waals surface area contributed by atoms with Crippen LogP contribution in [-0.4, -0.2) is 78.2 Å². The van der Waals surface area contributed by atoms with Gasteiger partial charge < -0.3 is 24.4 Å². The smallest absolute Gasteiger partial charge is 0.328 e. The van der Waals surface area contributed by atoms with Crippen molar-refractivity contribution in [2.45, 2.75) is 50.9 Å². The third-order valence-corrected chi connectivity index (χ3v) is 5.11. The van der Waals surface area contributed by atoms with Crippen LogP contribution in [0.1, 0.15) is 25.5 Å². The van der Waals surface area contributed by atoms with E-state index >= 15 is 0 Å². The number of hydrogen-bond donors (Lipinski definition) is 2. The molecule has 0 bridgehead atoms. The number of ether oxygens (including phenoxy) is 3. The second kappa shape index (κ2) is 8.84. The summed E-state index contributed by atoms with van der Waals surface area (Å²) in [6.07, 6.45) is 3.39. The van der Waals surface area contributed by atoms with Gasteiger partial charge in [0.05, 0.1) is 12.6 Å². The Morgan fingerprint density at radius 3 is 2.73 bits per heavy atom. The predicted molar refractivity (Wildman–Crippen MR) is 109 cm³/mol. The van der Waals surface area contributed by atoms with Gasteiger partial charge in [0.1, 0.15) is 18.3 Å². The SMILES string of the molecule is Cc1cn([C@@H]2CO[C@H](CNC(=O)/C=C/CN(C)C)[C@H]3OC(C)(C)O[C@H]32)c(=O)[nH]c1=O. The summed E-state index contributed by atoms with van der Waals surface area (Å²) in [5, 5.41) is 2.83. The normalized spacial score (nSPS) is 28.1. The molecule has 2 aliphatic heterocycles. The highest BCUT2D eigenvalue weighted by Gasteiger charge is 2.52. The number of aromatic nitrogens is 2. The lowest BCUT2D eigenvalue weighted by atomic mass is 9.97. The summed E-state index contributed by atoms with van der Waals surface area (Å²) in [4.78, 5) is 40.4. The van der Waals surface area contributed by atoms with Crippen molar-refractivity contribution in [3.8, 4) is 0 Å². The van der Waals surface area contributed by atoms with Crippen LogP contribution in [0, 0.1) is 6.92 Å². The van der Waals surface area contributed by atoms with Gasteiger partial charge in [0.2, 0.25) is 5.91 Å². The van der Waals surface area contributed by atoms with Crippen molar-refractivity contribution >= 4 is 5.91 Å². The average Bonchev–Trinajstić information content (AvgIpc) is 2.98. The van der Waals surface area contributed by atoms with E-state index in [0.29, 0.717) is 12.1 Å². The molecule has 0 aliphatic carbocycles. The molecule has 0 spiro atoms. The van der Waals surface area contributed by atoms with Gasteiger partial charge >= 0.3 is 5.69 Å². The molecule has 3 rings (SSSR count). The van der Waals surface area contributed by atoms with Gasteiger partial charge in [-0.2, -0.15) is 0 Å². The largest absolute Gasteiger partial charge is 0.371 e. The van der Waals surface area contributed by atoms with Crippen LogP contribution >= 0.6 is 0 Å². The van der Waals surface area contributed by atoms with E-state index in [9.17, 15) is 14.4 Å². The van der Waals surface area contributed by atoms with Crippen LogP contribution in [0.3, 0.4) is 0 Å². The van der Waals surface area contributed by atoms with Gasteiger partial charge in [0, 0.05) is 30.9 Å². The number of carbonyl (C=O) groups excluding carboxylic acids is 1. The number of aromatic amines is 1. The molecule has 10 heteroatoms. The first-order valence-corrected chi connectivity index (χ1v) is 9.96. The third-order valence-electron chi connectivity index (χ3n) is 5.11. The van der Waals surface area contributed by atoms with E-state index in [4.69, 9.17) is 14.2 Å². The van der Waals surface area contributed by atoms with Crippen molar-refractivity contribution in [2.24, 2.45) is 0 Å². The van der Waals surface area contributed by atoms with Crippen LogP contribution in [0.2, 0.25) is 0 Å². The second-order valence-electron chi connectivity index (χ2n) is 8.39. The zero-order chi connectivity index (χ0) is 22.1. The van der Waals surface area contributed by atoms with Crippen molar-refractivity contribution in [2.75, 3.05) is 33.8 Å². The van der Waals surface area contributed by atoms with E-state index in [1.165, 1.54) is 16.8 Å². The van der Waals surface area contributed by atoms with Crippen molar-refractivity contribution in [3.05, 3.63) is 44.8 Å². The van der Waals surface area contributed by atoms with E-state index in [1.807, 2.05) is 19.0 Å². The molecule has 0 saturated carbocycles. The quantitative estimate of drug-likeness (QED) is 0.596. The molecule has 2 aliphatic rings. The fourth-order valence-corrected chi connectivity index (χ4v) is 3.69. The maximum atomic E-state index is 12.4. The molecule has 0 aromatic carbocycles. The first kappa shape index (κ1) is 22.4. The van der Waals surface area contributed by atoms with Gasteiger partial charge in [-0.25, -0.2) is 4.79 Å². The molecule has 2 N–H and O–H groups in total. The number of rotatable bonds is 6. The van der Waals surface area contributed by atoms with Gasteiger partial charge in [-0.05, 0) is 34.9 Å². The monoisotopic (exact) mass is 422 g/mol. The molecular weight excluding hydrogens is 392 g/mol. The Kier molecular flexibility index (Phi) is 6.61. The Labute approximate surface area is 174 Å². The fraction of sp³-hybridized carbons (Fsp3) is 0.650. The summed E-state index contributed by atoms with van der Waals surface area (Å²) >= 11 is 0. The number of H-pyrrole nitrogens is 1. The summed E-state index contributed by atoms with van der Waals surface area (Å²) in [5.41, 5.74) is -0.524. The molecule has 10 nitrogen and oxygen atoms in total. The number of amides is 1. The first-order valence-electron chi connectivity index (χ1n) is 9.96. The van der Waals surface area contributed by atoms with Crippen molar-refractivity contribution in [3.63, 3.8) is 0 Å². The summed E-state index contributed by atoms with van der Waals surface area (Å²) in [6, 6.07) is -0.466. The van der Waals surface area contributed by atoms with Crippen molar-refractivity contribution in [1.82, 2.24) is 19.8 Å². The second-order valence-corrected chi connectivity index (χ2v) is 8.39. The predicted octanol–water partition coefficient (Wildman–Crippen LogP) is -0.461. The third kappa shape index (κ3) is 5.07. The molecule has 1 amide bonds. The van der Waals surface area contributed by atoms with E-state index in [1.54, 1.807) is 26.8 Å². The zero-order valence-corrected chi connectivity index (χ0v) is 18.0. The minimum atomic E-state index is -0.865. The lowest BCUT2D eigenvalue weighted by molar-refractivity contribution is -0.153. The van der Waals surface area contributed by atoms with Gasteiger partial charge in [-0.15, -0.1) is 0 Å². The molecule has 1 aromatic heterocycles. The van der Waals surface area contributed by atoms with E-state index in [2.05, 4.69) is 10.3 Å². The van der Waals surface area contributed by atoms with Crippen LogP contribution in [0.4, 0.5) is 0 Å². The van der Waals surface area contributed by atoms with Gasteiger partial charge in [0.25, 0.3) is 5.56 Å². The Balaban J connectivity index is 1.74. The molecule has 30 heavy (non-hydrogen) atoms. The number of nitrogens with one attached hydrogen (secondary N) is 2. The van der Waals surface area contributed by atoms with Crippen LogP contribution in [0.5, 0.6) is 0 Å². The van der Waals surface area contributed by atoms with Gasteiger partial charge in [0.15, 0.2) is 5.79 Å². The molecular formula is C20H30N4O6. The summed E-state index contributed by atoms with van der Waals surface area (Å²) < 4.78 is 19.5. The average molecular weight is 422 g/mol. The standard InChI is InChI=1S/C20H30N4O6/c1-12-10-24(19(27)22-18(12)26)13-11-28-14(17-16(13)29-20(2,3)30-17)9-21-15(25)7-6-8-23(4)5/h6-7,10,13-14,16-17H,8-9,11H2,1-5H3,(H,21,25)(H,22,26,27)/b7-6+/t13-,14-,16+,17-/m1/s1. The van der Waals surface area contributed by atoms with Crippen molar-refractivity contribution in [1.29, 1.82) is 0 Å².